The Labute approximate surface area is 171 Å². The number of thiazole rings is 1. The van der Waals surface area contributed by atoms with Gasteiger partial charge in [0.05, 0.1) is 27.4 Å². The van der Waals surface area contributed by atoms with Crippen molar-refractivity contribution in [1.82, 2.24) is 10.1 Å². The van der Waals surface area contributed by atoms with E-state index in [0.717, 1.165) is 40.9 Å². The molecule has 2 atom stereocenters. The van der Waals surface area contributed by atoms with Crippen LogP contribution in [0.15, 0.2) is 57.7 Å². The molecule has 7 heteroatoms. The summed E-state index contributed by atoms with van der Waals surface area (Å²) in [5.41, 5.74) is 1.57. The molecule has 3 heterocycles. The van der Waals surface area contributed by atoms with Crippen LogP contribution >= 0.6 is 11.3 Å². The molecule has 0 N–H and O–H groups in total. The van der Waals surface area contributed by atoms with Gasteiger partial charge in [-0.3, -0.25) is 4.79 Å². The van der Waals surface area contributed by atoms with E-state index in [2.05, 4.69) is 11.2 Å². The number of ether oxygens (including phenoxy) is 1. The molecule has 0 radical (unpaired) electrons. The lowest BCUT2D eigenvalue weighted by atomic mass is 9.79. The third-order valence-electron chi connectivity index (χ3n) is 5.38. The standard InChI is InChI=1S/C22H20N2O4S/c25-22(27-13-14-12-19(28-24-14)18-9-5-11-26-18)16-7-2-1-6-15(16)21-23-17-8-3-4-10-20(17)29-21/h3-5,8-12,15-16H,1-2,6-7,13H2/t15-,16+/m0/s1. The number of benzene rings is 1. The molecule has 0 spiro atoms. The lowest BCUT2D eigenvalue weighted by molar-refractivity contribution is -0.152. The Kier molecular flexibility index (Phi) is 4.89. The lowest BCUT2D eigenvalue weighted by Crippen LogP contribution is -2.27. The Morgan fingerprint density at radius 3 is 2.90 bits per heavy atom. The molecule has 0 amide bonds. The predicted octanol–water partition coefficient (Wildman–Crippen LogP) is 5.56. The summed E-state index contributed by atoms with van der Waals surface area (Å²) < 4.78 is 17.3. The number of furan rings is 1. The van der Waals surface area contributed by atoms with Crippen molar-refractivity contribution in [1.29, 1.82) is 0 Å². The maximum Gasteiger partial charge on any atom is 0.310 e. The number of hydrogen-bond acceptors (Lipinski definition) is 7. The lowest BCUT2D eigenvalue weighted by Gasteiger charge is -2.28. The van der Waals surface area contributed by atoms with Crippen molar-refractivity contribution in [3.05, 3.63) is 59.4 Å². The first-order valence-electron chi connectivity index (χ1n) is 9.79. The molecule has 5 rings (SSSR count). The van der Waals surface area contributed by atoms with Gasteiger partial charge in [0, 0.05) is 12.0 Å². The first-order valence-corrected chi connectivity index (χ1v) is 10.6. The van der Waals surface area contributed by atoms with E-state index in [4.69, 9.17) is 18.7 Å². The molecule has 4 aromatic rings. The van der Waals surface area contributed by atoms with Crippen molar-refractivity contribution < 1.29 is 18.5 Å². The summed E-state index contributed by atoms with van der Waals surface area (Å²) in [5, 5.41) is 5.01. The zero-order valence-corrected chi connectivity index (χ0v) is 16.6. The largest absolute Gasteiger partial charge is 0.461 e. The number of para-hydroxylation sites is 1. The molecule has 0 saturated heterocycles. The summed E-state index contributed by atoms with van der Waals surface area (Å²) in [6.07, 6.45) is 5.51. The normalized spacial score (nSPS) is 19.4. The fourth-order valence-electron chi connectivity index (χ4n) is 3.92. The van der Waals surface area contributed by atoms with Crippen LogP contribution in [0.25, 0.3) is 21.7 Å². The van der Waals surface area contributed by atoms with E-state index in [1.165, 1.54) is 0 Å². The Hall–Kier alpha value is -2.93. The highest BCUT2D eigenvalue weighted by Crippen LogP contribution is 2.41. The van der Waals surface area contributed by atoms with Crippen LogP contribution < -0.4 is 0 Å². The minimum Gasteiger partial charge on any atom is -0.461 e. The highest BCUT2D eigenvalue weighted by molar-refractivity contribution is 7.18. The molecule has 148 valence electrons. The summed E-state index contributed by atoms with van der Waals surface area (Å²) in [6, 6.07) is 13.4. The van der Waals surface area contributed by atoms with Crippen molar-refractivity contribution in [3.8, 4) is 11.5 Å². The fourth-order valence-corrected chi connectivity index (χ4v) is 5.09. The summed E-state index contributed by atoms with van der Waals surface area (Å²) in [5.74, 6) is 0.881. The minimum absolute atomic E-state index is 0.0894. The number of aromatic nitrogens is 2. The van der Waals surface area contributed by atoms with Crippen molar-refractivity contribution in [2.45, 2.75) is 38.2 Å². The second-order valence-electron chi connectivity index (χ2n) is 7.28. The molecule has 1 aliphatic carbocycles. The van der Waals surface area contributed by atoms with Crippen molar-refractivity contribution in [2.24, 2.45) is 5.92 Å². The molecule has 6 nitrogen and oxygen atoms in total. The molecule has 3 aromatic heterocycles. The number of carbonyl (C=O) groups excluding carboxylic acids is 1. The number of rotatable bonds is 5. The van der Waals surface area contributed by atoms with Crippen LogP contribution in [0.1, 0.15) is 42.3 Å². The summed E-state index contributed by atoms with van der Waals surface area (Å²) in [4.78, 5) is 17.7. The average molecular weight is 408 g/mol. The van der Waals surface area contributed by atoms with Crippen molar-refractivity contribution in [2.75, 3.05) is 0 Å². The molecule has 1 saturated carbocycles. The monoisotopic (exact) mass is 408 g/mol. The van der Waals surface area contributed by atoms with Crippen LogP contribution in [0.5, 0.6) is 0 Å². The maximum atomic E-state index is 12.9. The number of esters is 1. The highest BCUT2D eigenvalue weighted by Gasteiger charge is 2.35. The summed E-state index contributed by atoms with van der Waals surface area (Å²) in [7, 11) is 0. The highest BCUT2D eigenvalue weighted by atomic mass is 32.1. The molecule has 1 aliphatic rings. The fraction of sp³-hybridized carbons (Fsp3) is 0.318. The topological polar surface area (TPSA) is 78.4 Å². The molecular formula is C22H20N2O4S. The number of fused-ring (bicyclic) bond motifs is 1. The Morgan fingerprint density at radius 1 is 1.14 bits per heavy atom. The first-order chi connectivity index (χ1) is 14.3. The van der Waals surface area contributed by atoms with Gasteiger partial charge in [-0.05, 0) is 37.1 Å². The molecule has 29 heavy (non-hydrogen) atoms. The van der Waals surface area contributed by atoms with E-state index < -0.39 is 0 Å². The van der Waals surface area contributed by atoms with Gasteiger partial charge in [-0.15, -0.1) is 11.3 Å². The van der Waals surface area contributed by atoms with Crippen molar-refractivity contribution >= 4 is 27.5 Å². The summed E-state index contributed by atoms with van der Waals surface area (Å²) >= 11 is 1.68. The molecular weight excluding hydrogens is 388 g/mol. The van der Waals surface area contributed by atoms with E-state index in [1.54, 1.807) is 35.8 Å². The van der Waals surface area contributed by atoms with Crippen LogP contribution in [0.3, 0.4) is 0 Å². The van der Waals surface area contributed by atoms with Gasteiger partial charge >= 0.3 is 5.97 Å². The predicted molar refractivity (Wildman–Crippen MR) is 108 cm³/mol. The molecule has 0 bridgehead atoms. The zero-order chi connectivity index (χ0) is 19.6. The third kappa shape index (κ3) is 3.70. The number of carbonyl (C=O) groups is 1. The van der Waals surface area contributed by atoms with Crippen LogP contribution in [0.4, 0.5) is 0 Å². The molecule has 0 unspecified atom stereocenters. The molecule has 1 aromatic carbocycles. The number of nitrogens with zero attached hydrogens (tertiary/aromatic N) is 2. The SMILES string of the molecule is O=C(OCc1cc(-c2ccco2)on1)[C@@H]1CCCC[C@@H]1c1nc2ccccc2s1. The van der Waals surface area contributed by atoms with Gasteiger partial charge in [0.1, 0.15) is 12.3 Å². The Morgan fingerprint density at radius 2 is 2.03 bits per heavy atom. The summed E-state index contributed by atoms with van der Waals surface area (Å²) in [6.45, 7) is 0.0894. The third-order valence-corrected chi connectivity index (χ3v) is 6.55. The van der Waals surface area contributed by atoms with Gasteiger partial charge in [0.25, 0.3) is 0 Å². The maximum absolute atomic E-state index is 12.9. The van der Waals surface area contributed by atoms with E-state index in [-0.39, 0.29) is 24.4 Å². The second-order valence-corrected chi connectivity index (χ2v) is 8.35. The average Bonchev–Trinajstić information content (AvgIpc) is 3.52. The van der Waals surface area contributed by atoms with Crippen LogP contribution in [0.2, 0.25) is 0 Å². The molecule has 1 fully saturated rings. The minimum atomic E-state index is -0.184. The van der Waals surface area contributed by atoms with Gasteiger partial charge in [-0.2, -0.15) is 0 Å². The number of hydrogen-bond donors (Lipinski definition) is 0. The smallest absolute Gasteiger partial charge is 0.310 e. The first kappa shape index (κ1) is 18.1. The van der Waals surface area contributed by atoms with Crippen LogP contribution in [0, 0.1) is 5.92 Å². The van der Waals surface area contributed by atoms with Crippen LogP contribution in [-0.4, -0.2) is 16.1 Å². The van der Waals surface area contributed by atoms with Gasteiger partial charge in [-0.25, -0.2) is 4.98 Å². The Balaban J connectivity index is 1.28. The van der Waals surface area contributed by atoms with Gasteiger partial charge in [-0.1, -0.05) is 30.1 Å². The molecule has 0 aliphatic heterocycles. The van der Waals surface area contributed by atoms with Gasteiger partial charge < -0.3 is 13.7 Å². The quantitative estimate of drug-likeness (QED) is 0.402. The van der Waals surface area contributed by atoms with E-state index in [0.29, 0.717) is 17.2 Å². The van der Waals surface area contributed by atoms with Crippen LogP contribution in [-0.2, 0) is 16.1 Å². The van der Waals surface area contributed by atoms with E-state index >= 15 is 0 Å². The van der Waals surface area contributed by atoms with E-state index in [1.807, 2.05) is 18.2 Å². The Bertz CT molecular complexity index is 1080. The van der Waals surface area contributed by atoms with Gasteiger partial charge in [0.15, 0.2) is 5.76 Å². The van der Waals surface area contributed by atoms with Gasteiger partial charge in [0.2, 0.25) is 5.76 Å². The van der Waals surface area contributed by atoms with Crippen molar-refractivity contribution in [3.63, 3.8) is 0 Å². The van der Waals surface area contributed by atoms with E-state index in [9.17, 15) is 4.79 Å². The zero-order valence-electron chi connectivity index (χ0n) is 15.7. The second kappa shape index (κ2) is 7.83.